The fraction of sp³-hybridized carbons (Fsp3) is 0.571. The molecule has 1 unspecified atom stereocenters. The summed E-state index contributed by atoms with van der Waals surface area (Å²) in [4.78, 5) is 0. The standard InChI is InChI=1S/C14H21F2NO2/c1-10(2)13(18)8-17-7-11-3-5-12(6-4-11)19-9-14(15)16/h3-6,10,13-14,17-18H,7-9H2,1-2H3. The number of hydrogen-bond donors (Lipinski definition) is 2. The molecule has 0 radical (unpaired) electrons. The molecule has 0 saturated heterocycles. The van der Waals surface area contributed by atoms with Gasteiger partial charge in [-0.3, -0.25) is 0 Å². The SMILES string of the molecule is CC(C)C(O)CNCc1ccc(OCC(F)F)cc1. The molecule has 1 aromatic rings. The van der Waals surface area contributed by atoms with E-state index in [2.05, 4.69) is 5.32 Å². The van der Waals surface area contributed by atoms with Crippen molar-refractivity contribution in [2.75, 3.05) is 13.2 Å². The highest BCUT2D eigenvalue weighted by Crippen LogP contribution is 2.13. The van der Waals surface area contributed by atoms with Crippen molar-refractivity contribution in [1.82, 2.24) is 5.32 Å². The summed E-state index contributed by atoms with van der Waals surface area (Å²) < 4.78 is 28.8. The van der Waals surface area contributed by atoms with Crippen molar-refractivity contribution in [1.29, 1.82) is 0 Å². The molecule has 0 bridgehead atoms. The second kappa shape index (κ2) is 8.07. The van der Waals surface area contributed by atoms with E-state index < -0.39 is 13.0 Å². The Morgan fingerprint density at radius 3 is 2.37 bits per heavy atom. The smallest absolute Gasteiger partial charge is 0.272 e. The van der Waals surface area contributed by atoms with Crippen LogP contribution in [0.2, 0.25) is 0 Å². The first-order chi connectivity index (χ1) is 8.99. The topological polar surface area (TPSA) is 41.5 Å². The first-order valence-corrected chi connectivity index (χ1v) is 6.37. The van der Waals surface area contributed by atoms with Crippen LogP contribution in [0.1, 0.15) is 19.4 Å². The van der Waals surface area contributed by atoms with Gasteiger partial charge in [-0.25, -0.2) is 8.78 Å². The maximum Gasteiger partial charge on any atom is 0.272 e. The molecule has 0 aliphatic heterocycles. The first-order valence-electron chi connectivity index (χ1n) is 6.37. The van der Waals surface area contributed by atoms with Crippen molar-refractivity contribution in [3.05, 3.63) is 29.8 Å². The lowest BCUT2D eigenvalue weighted by molar-refractivity contribution is 0.0819. The zero-order chi connectivity index (χ0) is 14.3. The number of alkyl halides is 2. The van der Waals surface area contributed by atoms with Gasteiger partial charge in [0.2, 0.25) is 0 Å². The minimum absolute atomic E-state index is 0.220. The van der Waals surface area contributed by atoms with Crippen molar-refractivity contribution in [2.24, 2.45) is 5.92 Å². The largest absolute Gasteiger partial charge is 0.488 e. The molecule has 1 aromatic carbocycles. The molecule has 0 amide bonds. The van der Waals surface area contributed by atoms with Crippen LogP contribution in [0.5, 0.6) is 5.75 Å². The summed E-state index contributed by atoms with van der Waals surface area (Å²) in [5.41, 5.74) is 1.01. The summed E-state index contributed by atoms with van der Waals surface area (Å²) in [6.07, 6.45) is -2.83. The molecular weight excluding hydrogens is 252 g/mol. The van der Waals surface area contributed by atoms with Crippen LogP contribution in [0.25, 0.3) is 0 Å². The van der Waals surface area contributed by atoms with E-state index in [0.717, 1.165) is 5.56 Å². The summed E-state index contributed by atoms with van der Waals surface area (Å²) >= 11 is 0. The van der Waals surface area contributed by atoms with E-state index in [1.807, 2.05) is 26.0 Å². The van der Waals surface area contributed by atoms with Crippen LogP contribution in [0.3, 0.4) is 0 Å². The molecule has 1 atom stereocenters. The Kier molecular flexibility index (Phi) is 6.73. The highest BCUT2D eigenvalue weighted by Gasteiger charge is 2.08. The summed E-state index contributed by atoms with van der Waals surface area (Å²) in [5, 5.41) is 12.8. The molecule has 0 fully saturated rings. The van der Waals surface area contributed by atoms with Gasteiger partial charge < -0.3 is 15.2 Å². The highest BCUT2D eigenvalue weighted by atomic mass is 19.3. The third kappa shape index (κ3) is 6.50. The van der Waals surface area contributed by atoms with Gasteiger partial charge in [0.15, 0.2) is 0 Å². The van der Waals surface area contributed by atoms with E-state index in [4.69, 9.17) is 4.74 Å². The monoisotopic (exact) mass is 273 g/mol. The zero-order valence-electron chi connectivity index (χ0n) is 11.3. The van der Waals surface area contributed by atoms with E-state index in [0.29, 0.717) is 18.8 Å². The summed E-state index contributed by atoms with van der Waals surface area (Å²) in [7, 11) is 0. The molecule has 0 aliphatic carbocycles. The fourth-order valence-corrected chi connectivity index (χ4v) is 1.46. The van der Waals surface area contributed by atoms with Gasteiger partial charge >= 0.3 is 0 Å². The predicted octanol–water partition coefficient (Wildman–Crippen LogP) is 2.44. The van der Waals surface area contributed by atoms with Gasteiger partial charge in [0.25, 0.3) is 6.43 Å². The Balaban J connectivity index is 2.32. The van der Waals surface area contributed by atoms with Crippen molar-refractivity contribution in [3.8, 4) is 5.75 Å². The Morgan fingerprint density at radius 1 is 1.21 bits per heavy atom. The van der Waals surface area contributed by atoms with Gasteiger partial charge in [-0.2, -0.15) is 0 Å². The molecule has 0 heterocycles. The van der Waals surface area contributed by atoms with Crippen molar-refractivity contribution in [2.45, 2.75) is 32.9 Å². The second-order valence-corrected chi connectivity index (χ2v) is 4.79. The summed E-state index contributed by atoms with van der Waals surface area (Å²) in [5.74, 6) is 0.656. The van der Waals surface area contributed by atoms with Gasteiger partial charge in [0.05, 0.1) is 6.10 Å². The maximum absolute atomic E-state index is 11.9. The molecule has 0 aliphatic rings. The molecule has 3 nitrogen and oxygen atoms in total. The van der Waals surface area contributed by atoms with Crippen LogP contribution < -0.4 is 10.1 Å². The molecule has 19 heavy (non-hydrogen) atoms. The maximum atomic E-state index is 11.9. The van der Waals surface area contributed by atoms with E-state index in [1.54, 1.807) is 12.1 Å². The lowest BCUT2D eigenvalue weighted by Gasteiger charge is -2.15. The van der Waals surface area contributed by atoms with Crippen LogP contribution in [0.15, 0.2) is 24.3 Å². The number of benzene rings is 1. The van der Waals surface area contributed by atoms with E-state index >= 15 is 0 Å². The summed E-state index contributed by atoms with van der Waals surface area (Å²) in [6, 6.07) is 6.96. The average molecular weight is 273 g/mol. The third-order valence-electron chi connectivity index (χ3n) is 2.75. The van der Waals surface area contributed by atoms with Gasteiger partial charge in [0, 0.05) is 13.1 Å². The Bertz CT molecular complexity index is 355. The van der Waals surface area contributed by atoms with Crippen LogP contribution in [-0.4, -0.2) is 30.8 Å². The van der Waals surface area contributed by atoms with Crippen LogP contribution in [-0.2, 0) is 6.54 Å². The van der Waals surface area contributed by atoms with Crippen LogP contribution in [0, 0.1) is 5.92 Å². The first kappa shape index (κ1) is 15.9. The quantitative estimate of drug-likeness (QED) is 0.764. The number of aliphatic hydroxyl groups excluding tert-OH is 1. The normalized spacial score (nSPS) is 13.0. The summed E-state index contributed by atoms with van der Waals surface area (Å²) in [6.45, 7) is 4.49. The second-order valence-electron chi connectivity index (χ2n) is 4.79. The third-order valence-corrected chi connectivity index (χ3v) is 2.75. The fourth-order valence-electron chi connectivity index (χ4n) is 1.46. The number of rotatable bonds is 8. The number of halogens is 2. The van der Waals surface area contributed by atoms with Gasteiger partial charge in [0.1, 0.15) is 12.4 Å². The van der Waals surface area contributed by atoms with E-state index in [1.165, 1.54) is 0 Å². The minimum atomic E-state index is -2.46. The Labute approximate surface area is 112 Å². The van der Waals surface area contributed by atoms with E-state index in [-0.39, 0.29) is 12.0 Å². The number of nitrogens with one attached hydrogen (secondary N) is 1. The Hall–Kier alpha value is -1.20. The highest BCUT2D eigenvalue weighted by molar-refractivity contribution is 5.27. The number of ether oxygens (including phenoxy) is 1. The van der Waals surface area contributed by atoms with Gasteiger partial charge in [-0.15, -0.1) is 0 Å². The van der Waals surface area contributed by atoms with Crippen molar-refractivity contribution < 1.29 is 18.6 Å². The molecular formula is C14H21F2NO2. The predicted molar refractivity (Wildman–Crippen MR) is 70.5 cm³/mol. The van der Waals surface area contributed by atoms with Crippen LogP contribution in [0.4, 0.5) is 8.78 Å². The number of aliphatic hydroxyl groups is 1. The molecule has 5 heteroatoms. The van der Waals surface area contributed by atoms with Gasteiger partial charge in [-0.1, -0.05) is 26.0 Å². The molecule has 2 N–H and O–H groups in total. The minimum Gasteiger partial charge on any atom is -0.488 e. The molecule has 1 rings (SSSR count). The van der Waals surface area contributed by atoms with Crippen molar-refractivity contribution >= 4 is 0 Å². The molecule has 0 aromatic heterocycles. The van der Waals surface area contributed by atoms with Crippen molar-refractivity contribution in [3.63, 3.8) is 0 Å². The lowest BCUT2D eigenvalue weighted by Crippen LogP contribution is -2.30. The van der Waals surface area contributed by atoms with E-state index in [9.17, 15) is 13.9 Å². The molecule has 0 spiro atoms. The van der Waals surface area contributed by atoms with Gasteiger partial charge in [-0.05, 0) is 23.6 Å². The van der Waals surface area contributed by atoms with Crippen LogP contribution >= 0.6 is 0 Å². The molecule has 108 valence electrons. The Morgan fingerprint density at radius 2 is 1.84 bits per heavy atom. The average Bonchev–Trinajstić information content (AvgIpc) is 2.37. The zero-order valence-corrected chi connectivity index (χ0v) is 11.3. The molecule has 0 saturated carbocycles. The lowest BCUT2D eigenvalue weighted by atomic mass is 10.1. The number of hydrogen-bond acceptors (Lipinski definition) is 3.